The zero-order valence-corrected chi connectivity index (χ0v) is 16.3. The van der Waals surface area contributed by atoms with E-state index in [0.29, 0.717) is 16.0 Å². The first kappa shape index (κ1) is 19.3. The van der Waals surface area contributed by atoms with Gasteiger partial charge in [0.1, 0.15) is 29.2 Å². The Bertz CT molecular complexity index is 845. The highest BCUT2D eigenvalue weighted by Crippen LogP contribution is 2.26. The SMILES string of the molecule is CC(=O)Nc1ccc(Br)c(C(=O)NC2CCCC2Oc2ccc(F)cc2)n1. The quantitative estimate of drug-likeness (QED) is 0.750. The van der Waals surface area contributed by atoms with Crippen LogP contribution in [-0.2, 0) is 4.79 Å². The number of hydrogen-bond donors (Lipinski definition) is 2. The van der Waals surface area contributed by atoms with Gasteiger partial charge in [0, 0.05) is 11.4 Å². The van der Waals surface area contributed by atoms with Crippen LogP contribution in [-0.4, -0.2) is 28.9 Å². The highest BCUT2D eigenvalue weighted by Gasteiger charge is 2.31. The van der Waals surface area contributed by atoms with E-state index in [4.69, 9.17) is 4.74 Å². The summed E-state index contributed by atoms with van der Waals surface area (Å²) in [5, 5.41) is 5.52. The van der Waals surface area contributed by atoms with Gasteiger partial charge in [-0.15, -0.1) is 0 Å². The Morgan fingerprint density at radius 1 is 1.19 bits per heavy atom. The van der Waals surface area contributed by atoms with Crippen molar-refractivity contribution in [3.63, 3.8) is 0 Å². The molecule has 27 heavy (non-hydrogen) atoms. The minimum Gasteiger partial charge on any atom is -0.488 e. The average molecular weight is 436 g/mol. The normalized spacial score (nSPS) is 18.8. The Labute approximate surface area is 164 Å². The molecule has 0 radical (unpaired) electrons. The van der Waals surface area contributed by atoms with E-state index in [1.807, 2.05) is 0 Å². The van der Waals surface area contributed by atoms with Crippen molar-refractivity contribution in [2.24, 2.45) is 0 Å². The number of aromatic nitrogens is 1. The molecule has 0 aliphatic heterocycles. The van der Waals surface area contributed by atoms with Gasteiger partial charge in [0.2, 0.25) is 5.91 Å². The van der Waals surface area contributed by atoms with Gasteiger partial charge in [-0.1, -0.05) is 0 Å². The molecular weight excluding hydrogens is 417 g/mol. The molecule has 2 unspecified atom stereocenters. The second kappa shape index (κ2) is 8.47. The topological polar surface area (TPSA) is 80.3 Å². The molecule has 2 atom stereocenters. The van der Waals surface area contributed by atoms with Gasteiger partial charge in [-0.05, 0) is 71.6 Å². The minimum atomic E-state index is -0.353. The number of pyridine rings is 1. The summed E-state index contributed by atoms with van der Waals surface area (Å²) >= 11 is 3.32. The number of amides is 2. The van der Waals surface area contributed by atoms with Crippen LogP contribution in [0.2, 0.25) is 0 Å². The number of ether oxygens (including phenoxy) is 1. The van der Waals surface area contributed by atoms with Crippen molar-refractivity contribution in [2.45, 2.75) is 38.3 Å². The van der Waals surface area contributed by atoms with Crippen LogP contribution in [0.4, 0.5) is 10.2 Å². The van der Waals surface area contributed by atoms with Gasteiger partial charge in [-0.3, -0.25) is 9.59 Å². The smallest absolute Gasteiger partial charge is 0.271 e. The van der Waals surface area contributed by atoms with E-state index < -0.39 is 0 Å². The van der Waals surface area contributed by atoms with Crippen LogP contribution in [0.25, 0.3) is 0 Å². The predicted molar refractivity (Wildman–Crippen MR) is 102 cm³/mol. The van der Waals surface area contributed by atoms with Crippen LogP contribution in [0, 0.1) is 5.82 Å². The number of halogens is 2. The van der Waals surface area contributed by atoms with Crippen molar-refractivity contribution < 1.29 is 18.7 Å². The second-order valence-corrected chi connectivity index (χ2v) is 7.18. The summed E-state index contributed by atoms with van der Waals surface area (Å²) in [4.78, 5) is 28.1. The third-order valence-electron chi connectivity index (χ3n) is 4.24. The number of carbonyl (C=O) groups excluding carboxylic acids is 2. The van der Waals surface area contributed by atoms with Gasteiger partial charge in [0.15, 0.2) is 0 Å². The van der Waals surface area contributed by atoms with E-state index in [1.165, 1.54) is 19.1 Å². The first-order valence-electron chi connectivity index (χ1n) is 8.59. The number of nitrogens with one attached hydrogen (secondary N) is 2. The molecule has 1 saturated carbocycles. The molecule has 0 saturated heterocycles. The fraction of sp³-hybridized carbons (Fsp3) is 0.316. The molecule has 1 aliphatic rings. The molecule has 2 amide bonds. The zero-order valence-electron chi connectivity index (χ0n) is 14.7. The molecule has 6 nitrogen and oxygen atoms in total. The Balaban J connectivity index is 1.69. The van der Waals surface area contributed by atoms with E-state index >= 15 is 0 Å². The average Bonchev–Trinajstić information content (AvgIpc) is 3.05. The molecule has 2 aromatic rings. The van der Waals surface area contributed by atoms with E-state index in [9.17, 15) is 14.0 Å². The summed E-state index contributed by atoms with van der Waals surface area (Å²) in [6, 6.07) is 8.91. The lowest BCUT2D eigenvalue weighted by Crippen LogP contribution is -2.42. The Morgan fingerprint density at radius 3 is 2.63 bits per heavy atom. The molecule has 142 valence electrons. The van der Waals surface area contributed by atoms with Crippen LogP contribution in [0.5, 0.6) is 5.75 Å². The van der Waals surface area contributed by atoms with Crippen LogP contribution >= 0.6 is 15.9 Å². The number of rotatable bonds is 5. The van der Waals surface area contributed by atoms with E-state index in [2.05, 4.69) is 31.5 Å². The molecular formula is C19H19BrFN3O3. The van der Waals surface area contributed by atoms with Gasteiger partial charge in [0.05, 0.1) is 6.04 Å². The van der Waals surface area contributed by atoms with Gasteiger partial charge in [-0.2, -0.15) is 0 Å². The summed E-state index contributed by atoms with van der Waals surface area (Å²) in [6.45, 7) is 1.37. The van der Waals surface area contributed by atoms with Gasteiger partial charge in [-0.25, -0.2) is 9.37 Å². The van der Waals surface area contributed by atoms with Crippen molar-refractivity contribution in [2.75, 3.05) is 5.32 Å². The maximum Gasteiger partial charge on any atom is 0.271 e. The fourth-order valence-electron chi connectivity index (χ4n) is 3.01. The number of benzene rings is 1. The maximum absolute atomic E-state index is 13.0. The summed E-state index contributed by atoms with van der Waals surface area (Å²) in [6.07, 6.45) is 2.29. The number of nitrogens with zero attached hydrogens (tertiary/aromatic N) is 1. The van der Waals surface area contributed by atoms with E-state index in [0.717, 1.165) is 19.3 Å². The predicted octanol–water partition coefficient (Wildman–Crippen LogP) is 3.67. The van der Waals surface area contributed by atoms with Crippen LogP contribution < -0.4 is 15.4 Å². The zero-order chi connectivity index (χ0) is 19.4. The van der Waals surface area contributed by atoms with Crippen molar-refractivity contribution in [3.8, 4) is 5.75 Å². The highest BCUT2D eigenvalue weighted by molar-refractivity contribution is 9.10. The van der Waals surface area contributed by atoms with Crippen molar-refractivity contribution in [3.05, 3.63) is 52.4 Å². The van der Waals surface area contributed by atoms with Crippen molar-refractivity contribution in [1.29, 1.82) is 0 Å². The Kier molecular flexibility index (Phi) is 6.05. The molecule has 1 aromatic heterocycles. The number of carbonyl (C=O) groups is 2. The molecule has 3 rings (SSSR count). The minimum absolute atomic E-state index is 0.180. The molecule has 1 aliphatic carbocycles. The van der Waals surface area contributed by atoms with Gasteiger partial charge >= 0.3 is 0 Å². The Morgan fingerprint density at radius 2 is 1.93 bits per heavy atom. The summed E-state index contributed by atoms with van der Waals surface area (Å²) in [7, 11) is 0. The first-order chi connectivity index (χ1) is 12.9. The molecule has 0 bridgehead atoms. The van der Waals surface area contributed by atoms with Crippen LogP contribution in [0.3, 0.4) is 0 Å². The fourth-order valence-corrected chi connectivity index (χ4v) is 3.41. The number of anilines is 1. The summed E-state index contributed by atoms with van der Waals surface area (Å²) in [5.41, 5.74) is 0.189. The molecule has 1 aromatic carbocycles. The second-order valence-electron chi connectivity index (χ2n) is 6.33. The molecule has 8 heteroatoms. The van der Waals surface area contributed by atoms with E-state index in [1.54, 1.807) is 24.3 Å². The van der Waals surface area contributed by atoms with Crippen LogP contribution in [0.1, 0.15) is 36.7 Å². The van der Waals surface area contributed by atoms with Crippen molar-refractivity contribution in [1.82, 2.24) is 10.3 Å². The highest BCUT2D eigenvalue weighted by atomic mass is 79.9. The molecule has 2 N–H and O–H groups in total. The summed E-state index contributed by atoms with van der Waals surface area (Å²) < 4.78 is 19.5. The lowest BCUT2D eigenvalue weighted by Gasteiger charge is -2.22. The lowest BCUT2D eigenvalue weighted by atomic mass is 10.2. The van der Waals surface area contributed by atoms with Gasteiger partial charge < -0.3 is 15.4 Å². The third-order valence-corrected chi connectivity index (χ3v) is 4.88. The first-order valence-corrected chi connectivity index (χ1v) is 9.39. The molecule has 1 heterocycles. The van der Waals surface area contributed by atoms with E-state index in [-0.39, 0.29) is 35.5 Å². The molecule has 1 fully saturated rings. The lowest BCUT2D eigenvalue weighted by molar-refractivity contribution is -0.114. The third kappa shape index (κ3) is 5.03. The van der Waals surface area contributed by atoms with Crippen LogP contribution in [0.15, 0.2) is 40.9 Å². The molecule has 0 spiro atoms. The van der Waals surface area contributed by atoms with Crippen molar-refractivity contribution >= 4 is 33.6 Å². The summed E-state index contributed by atoms with van der Waals surface area (Å²) in [5.74, 6) is -0.0714. The standard InChI is InChI=1S/C19H19BrFN3O3/c1-11(25)22-17-10-9-14(20)18(24-17)19(26)23-15-3-2-4-16(15)27-13-7-5-12(21)6-8-13/h5-10,15-16H,2-4H2,1H3,(H,23,26)(H,22,24,25). The van der Waals surface area contributed by atoms with Gasteiger partial charge in [0.25, 0.3) is 5.91 Å². The number of hydrogen-bond acceptors (Lipinski definition) is 4. The largest absolute Gasteiger partial charge is 0.488 e. The monoisotopic (exact) mass is 435 g/mol. The Hall–Kier alpha value is -2.48. The maximum atomic E-state index is 13.0.